The molecular weight excluding hydrogens is 260 g/mol. The highest BCUT2D eigenvalue weighted by Crippen LogP contribution is 2.37. The summed E-state index contributed by atoms with van der Waals surface area (Å²) in [5.41, 5.74) is 0.790. The van der Waals surface area contributed by atoms with Gasteiger partial charge in [0.2, 0.25) is 0 Å². The summed E-state index contributed by atoms with van der Waals surface area (Å²) in [7, 11) is 0. The van der Waals surface area contributed by atoms with Gasteiger partial charge in [0.25, 0.3) is 0 Å². The van der Waals surface area contributed by atoms with Crippen molar-refractivity contribution < 1.29 is 24.5 Å². The molecule has 1 heterocycles. The predicted octanol–water partition coefficient (Wildman–Crippen LogP) is 3.05. The quantitative estimate of drug-likeness (QED) is 0.780. The van der Waals surface area contributed by atoms with Crippen LogP contribution in [0.1, 0.15) is 16.1 Å². The lowest BCUT2D eigenvalue weighted by atomic mass is 10.1. The lowest BCUT2D eigenvalue weighted by molar-refractivity contribution is 0.0694. The van der Waals surface area contributed by atoms with E-state index in [2.05, 4.69) is 0 Å². The van der Waals surface area contributed by atoms with Crippen LogP contribution in [0.4, 0.5) is 0 Å². The molecule has 0 saturated carbocycles. The predicted molar refractivity (Wildman–Crippen MR) is 72.8 cm³/mol. The molecule has 1 aromatic heterocycles. The van der Waals surface area contributed by atoms with Crippen molar-refractivity contribution in [2.24, 2.45) is 0 Å². The van der Waals surface area contributed by atoms with Gasteiger partial charge in [0.1, 0.15) is 16.9 Å². The van der Waals surface area contributed by atoms with Crippen LogP contribution in [0.15, 0.2) is 46.4 Å². The Morgan fingerprint density at radius 3 is 2.50 bits per heavy atom. The van der Waals surface area contributed by atoms with Crippen LogP contribution >= 0.6 is 0 Å². The van der Waals surface area contributed by atoms with E-state index in [1.54, 1.807) is 6.08 Å². The fraction of sp³-hybridized carbons (Fsp3) is 0. The third-order valence-corrected chi connectivity index (χ3v) is 3.02. The summed E-state index contributed by atoms with van der Waals surface area (Å²) in [5, 5.41) is 28.9. The fourth-order valence-electron chi connectivity index (χ4n) is 2.04. The Kier molecular flexibility index (Phi) is 2.61. The van der Waals surface area contributed by atoms with Gasteiger partial charge >= 0.3 is 5.97 Å². The lowest BCUT2D eigenvalue weighted by Gasteiger charge is -1.98. The van der Waals surface area contributed by atoms with Crippen LogP contribution in [0.25, 0.3) is 17.0 Å². The highest BCUT2D eigenvalue weighted by molar-refractivity contribution is 5.99. The second kappa shape index (κ2) is 4.31. The number of carboxylic acid groups (broad SMARTS) is 1. The first-order valence-electron chi connectivity index (χ1n) is 5.84. The molecule has 0 atom stereocenters. The van der Waals surface area contributed by atoms with Gasteiger partial charge in [0.05, 0.1) is 5.39 Å². The first-order chi connectivity index (χ1) is 9.56. The molecule has 20 heavy (non-hydrogen) atoms. The van der Waals surface area contributed by atoms with Crippen LogP contribution in [0.3, 0.4) is 0 Å². The summed E-state index contributed by atoms with van der Waals surface area (Å²) >= 11 is 0. The van der Waals surface area contributed by atoms with Crippen molar-refractivity contribution >= 4 is 23.0 Å². The Bertz CT molecular complexity index is 791. The first kappa shape index (κ1) is 12.1. The maximum atomic E-state index is 11.0. The molecule has 3 rings (SSSR count). The molecule has 3 N–H and O–H groups in total. The van der Waals surface area contributed by atoms with E-state index in [4.69, 9.17) is 9.52 Å². The van der Waals surface area contributed by atoms with E-state index in [1.807, 2.05) is 24.3 Å². The van der Waals surface area contributed by atoms with Crippen molar-refractivity contribution in [2.45, 2.75) is 0 Å². The fourth-order valence-corrected chi connectivity index (χ4v) is 2.04. The largest absolute Gasteiger partial charge is 0.507 e. The van der Waals surface area contributed by atoms with Gasteiger partial charge in [-0.25, -0.2) is 4.79 Å². The molecule has 5 heteroatoms. The normalized spacial score (nSPS) is 13.3. The van der Waals surface area contributed by atoms with E-state index in [0.29, 0.717) is 0 Å². The molecule has 0 amide bonds. The minimum atomic E-state index is -1.27. The highest BCUT2D eigenvalue weighted by Gasteiger charge is 2.18. The molecule has 0 fully saturated rings. The highest BCUT2D eigenvalue weighted by atomic mass is 16.4. The molecule has 0 radical (unpaired) electrons. The summed E-state index contributed by atoms with van der Waals surface area (Å²) in [6.45, 7) is 0. The Morgan fingerprint density at radius 2 is 1.85 bits per heavy atom. The molecule has 0 saturated heterocycles. The summed E-state index contributed by atoms with van der Waals surface area (Å²) < 4.78 is 5.43. The molecule has 1 aliphatic rings. The van der Waals surface area contributed by atoms with Gasteiger partial charge in [-0.1, -0.05) is 24.3 Å². The number of fused-ring (bicyclic) bond motifs is 1. The minimum Gasteiger partial charge on any atom is -0.507 e. The molecule has 5 nitrogen and oxygen atoms in total. The molecule has 1 aromatic carbocycles. The van der Waals surface area contributed by atoms with Crippen LogP contribution < -0.4 is 0 Å². The smallest absolute Gasteiger partial charge is 0.339 e. The number of furan rings is 1. The number of carbonyl (C=O) groups is 1. The number of rotatable bonds is 2. The zero-order chi connectivity index (χ0) is 14.3. The summed E-state index contributed by atoms with van der Waals surface area (Å²) in [4.78, 5) is 11.0. The van der Waals surface area contributed by atoms with Crippen LogP contribution in [0.2, 0.25) is 0 Å². The Morgan fingerprint density at radius 1 is 1.15 bits per heavy atom. The minimum absolute atomic E-state index is 0.149. The zero-order valence-electron chi connectivity index (χ0n) is 10.2. The molecule has 100 valence electrons. The third-order valence-electron chi connectivity index (χ3n) is 3.02. The average molecular weight is 270 g/mol. The van der Waals surface area contributed by atoms with Crippen molar-refractivity contribution in [3.05, 3.63) is 53.3 Å². The number of aromatic hydroxyl groups is 2. The van der Waals surface area contributed by atoms with Gasteiger partial charge in [-0.3, -0.25) is 0 Å². The summed E-state index contributed by atoms with van der Waals surface area (Å²) in [6, 6.07) is 2.37. The Hall–Kier alpha value is -2.95. The van der Waals surface area contributed by atoms with Crippen molar-refractivity contribution in [3.8, 4) is 11.5 Å². The van der Waals surface area contributed by atoms with Gasteiger partial charge in [-0.2, -0.15) is 0 Å². The lowest BCUT2D eigenvalue weighted by Crippen LogP contribution is -1.95. The van der Waals surface area contributed by atoms with E-state index < -0.39 is 11.7 Å². The van der Waals surface area contributed by atoms with Crippen molar-refractivity contribution in [1.29, 1.82) is 0 Å². The van der Waals surface area contributed by atoms with E-state index in [0.717, 1.165) is 5.57 Å². The average Bonchev–Trinajstić information content (AvgIpc) is 2.99. The molecular formula is C15H10O5. The van der Waals surface area contributed by atoms with Crippen molar-refractivity contribution in [3.63, 3.8) is 0 Å². The number of allylic oxidation sites excluding steroid dienone is 5. The Labute approximate surface area is 113 Å². The number of benzene rings is 1. The third kappa shape index (κ3) is 1.85. The maximum absolute atomic E-state index is 11.0. The topological polar surface area (TPSA) is 90.9 Å². The molecule has 0 spiro atoms. The van der Waals surface area contributed by atoms with Crippen LogP contribution in [0, 0.1) is 0 Å². The van der Waals surface area contributed by atoms with E-state index in [-0.39, 0.29) is 28.0 Å². The standard InChI is InChI=1S/C15H10O5/c16-11-7-12-10(6-9(11)15(18)19)14(17)13(20-12)5-8-3-1-2-4-8/h1-7,16-17H,(H,18,19). The number of aromatic carboxylic acids is 1. The van der Waals surface area contributed by atoms with Gasteiger partial charge in [-0.05, 0) is 17.7 Å². The number of hydrogen-bond acceptors (Lipinski definition) is 4. The van der Waals surface area contributed by atoms with Crippen LogP contribution in [0.5, 0.6) is 11.5 Å². The second-order valence-electron chi connectivity index (χ2n) is 4.35. The summed E-state index contributed by atoms with van der Waals surface area (Å²) in [6.07, 6.45) is 9.01. The number of carboxylic acids is 1. The maximum Gasteiger partial charge on any atom is 0.339 e. The van der Waals surface area contributed by atoms with E-state index in [1.165, 1.54) is 12.1 Å². The van der Waals surface area contributed by atoms with Gasteiger partial charge in [0.15, 0.2) is 11.5 Å². The van der Waals surface area contributed by atoms with Crippen LogP contribution in [-0.2, 0) is 0 Å². The van der Waals surface area contributed by atoms with Gasteiger partial charge in [-0.15, -0.1) is 0 Å². The van der Waals surface area contributed by atoms with Crippen LogP contribution in [-0.4, -0.2) is 21.3 Å². The SMILES string of the molecule is O=C(O)c1cc2c(O)c(C=C3C=CC=C3)oc2cc1O. The van der Waals surface area contributed by atoms with Gasteiger partial charge < -0.3 is 19.7 Å². The second-order valence-corrected chi connectivity index (χ2v) is 4.35. The molecule has 2 aromatic rings. The zero-order valence-corrected chi connectivity index (χ0v) is 10.2. The van der Waals surface area contributed by atoms with Crippen molar-refractivity contribution in [1.82, 2.24) is 0 Å². The van der Waals surface area contributed by atoms with Gasteiger partial charge in [0, 0.05) is 6.07 Å². The monoisotopic (exact) mass is 270 g/mol. The van der Waals surface area contributed by atoms with E-state index >= 15 is 0 Å². The number of hydrogen-bond donors (Lipinski definition) is 3. The van der Waals surface area contributed by atoms with E-state index in [9.17, 15) is 15.0 Å². The molecule has 0 unspecified atom stereocenters. The Balaban J connectivity index is 2.20. The molecule has 0 aliphatic heterocycles. The summed E-state index contributed by atoms with van der Waals surface area (Å²) in [5.74, 6) is -1.61. The molecule has 0 bridgehead atoms. The number of phenols is 1. The molecule has 1 aliphatic carbocycles. The van der Waals surface area contributed by atoms with Crippen molar-refractivity contribution in [2.75, 3.05) is 0 Å². The first-order valence-corrected chi connectivity index (χ1v) is 5.84.